The van der Waals surface area contributed by atoms with Crippen molar-refractivity contribution in [1.82, 2.24) is 29.7 Å². The molecule has 0 spiro atoms. The zero-order chi connectivity index (χ0) is 15.1. The van der Waals surface area contributed by atoms with Crippen LogP contribution in [0.1, 0.15) is 0 Å². The fraction of sp³-hybridized carbons (Fsp3) is 0.0667. The molecule has 0 saturated carbocycles. The Kier molecular flexibility index (Phi) is 2.65. The SMILES string of the molecule is Cn1cnc2c(=O)[nH]c(-c3cn[nH]c3-c3ccccc3)nc21. The van der Waals surface area contributed by atoms with E-state index < -0.39 is 0 Å². The molecule has 7 heteroatoms. The molecule has 108 valence electrons. The van der Waals surface area contributed by atoms with Gasteiger partial charge in [-0.15, -0.1) is 0 Å². The van der Waals surface area contributed by atoms with Crippen molar-refractivity contribution in [1.29, 1.82) is 0 Å². The molecule has 22 heavy (non-hydrogen) atoms. The van der Waals surface area contributed by atoms with Crippen LogP contribution in [0.25, 0.3) is 33.8 Å². The summed E-state index contributed by atoms with van der Waals surface area (Å²) < 4.78 is 1.72. The Labute approximate surface area is 124 Å². The van der Waals surface area contributed by atoms with Crippen LogP contribution in [0.2, 0.25) is 0 Å². The average molecular weight is 292 g/mol. The highest BCUT2D eigenvalue weighted by Crippen LogP contribution is 2.27. The van der Waals surface area contributed by atoms with Crippen LogP contribution in [0.5, 0.6) is 0 Å². The van der Waals surface area contributed by atoms with Crippen molar-refractivity contribution in [2.24, 2.45) is 7.05 Å². The summed E-state index contributed by atoms with van der Waals surface area (Å²) in [5.74, 6) is 0.466. The largest absolute Gasteiger partial charge is 0.318 e. The second kappa shape index (κ2) is 4.66. The van der Waals surface area contributed by atoms with Gasteiger partial charge in [-0.1, -0.05) is 30.3 Å². The molecule has 0 unspecified atom stereocenters. The van der Waals surface area contributed by atoms with Crippen LogP contribution in [-0.4, -0.2) is 29.7 Å². The summed E-state index contributed by atoms with van der Waals surface area (Å²) in [7, 11) is 1.80. The Morgan fingerprint density at radius 3 is 2.82 bits per heavy atom. The Bertz CT molecular complexity index is 1010. The minimum Gasteiger partial charge on any atom is -0.318 e. The van der Waals surface area contributed by atoms with Gasteiger partial charge in [0.2, 0.25) is 0 Å². The summed E-state index contributed by atoms with van der Waals surface area (Å²) in [4.78, 5) is 23.5. The van der Waals surface area contributed by atoms with E-state index >= 15 is 0 Å². The normalized spacial score (nSPS) is 11.1. The van der Waals surface area contributed by atoms with Gasteiger partial charge in [0.05, 0.1) is 23.8 Å². The van der Waals surface area contributed by atoms with Gasteiger partial charge in [-0.05, 0) is 0 Å². The fourth-order valence-corrected chi connectivity index (χ4v) is 2.43. The zero-order valence-corrected chi connectivity index (χ0v) is 11.7. The third-order valence-electron chi connectivity index (χ3n) is 3.53. The molecule has 4 rings (SSSR count). The molecule has 0 amide bonds. The van der Waals surface area contributed by atoms with Crippen LogP contribution in [0.3, 0.4) is 0 Å². The smallest absolute Gasteiger partial charge is 0.279 e. The highest BCUT2D eigenvalue weighted by molar-refractivity contribution is 5.79. The first-order valence-electron chi connectivity index (χ1n) is 6.74. The van der Waals surface area contributed by atoms with E-state index in [9.17, 15) is 4.79 Å². The number of aryl methyl sites for hydroxylation is 1. The van der Waals surface area contributed by atoms with Gasteiger partial charge in [0, 0.05) is 12.6 Å². The first-order valence-corrected chi connectivity index (χ1v) is 6.74. The standard InChI is InChI=1S/C15H12N6O/c1-21-8-16-12-14(21)18-13(19-15(12)22)10-7-17-20-11(10)9-5-3-2-4-6-9/h2-8H,1H3,(H,17,20)(H,18,19,22). The molecule has 0 aliphatic rings. The quantitative estimate of drug-likeness (QED) is 0.588. The van der Waals surface area contributed by atoms with E-state index in [0.717, 1.165) is 16.8 Å². The molecular weight excluding hydrogens is 280 g/mol. The molecule has 0 fully saturated rings. The van der Waals surface area contributed by atoms with E-state index in [-0.39, 0.29) is 5.56 Å². The topological polar surface area (TPSA) is 92.2 Å². The summed E-state index contributed by atoms with van der Waals surface area (Å²) >= 11 is 0. The predicted octanol–water partition coefficient (Wildman–Crippen LogP) is 1.71. The maximum atomic E-state index is 12.2. The van der Waals surface area contributed by atoms with E-state index in [4.69, 9.17) is 0 Å². The predicted molar refractivity (Wildman–Crippen MR) is 82.1 cm³/mol. The molecule has 3 heterocycles. The van der Waals surface area contributed by atoms with E-state index in [0.29, 0.717) is 17.0 Å². The number of aromatic amines is 2. The molecular formula is C15H12N6O. The lowest BCUT2D eigenvalue weighted by molar-refractivity contribution is 0.928. The Hall–Kier alpha value is -3.22. The van der Waals surface area contributed by atoms with Gasteiger partial charge >= 0.3 is 0 Å². The first kappa shape index (κ1) is 12.5. The number of hydrogen-bond donors (Lipinski definition) is 2. The van der Waals surface area contributed by atoms with Gasteiger partial charge in [0.25, 0.3) is 5.56 Å². The van der Waals surface area contributed by atoms with Crippen molar-refractivity contribution in [3.05, 3.63) is 53.2 Å². The van der Waals surface area contributed by atoms with Crippen LogP contribution >= 0.6 is 0 Å². The number of fused-ring (bicyclic) bond motifs is 1. The summed E-state index contributed by atoms with van der Waals surface area (Å²) in [5, 5.41) is 7.05. The van der Waals surface area contributed by atoms with Crippen LogP contribution in [0.4, 0.5) is 0 Å². The molecule has 4 aromatic rings. The van der Waals surface area contributed by atoms with Gasteiger partial charge in [0.15, 0.2) is 11.2 Å². The Morgan fingerprint density at radius 2 is 2.00 bits per heavy atom. The average Bonchev–Trinajstić information content (AvgIpc) is 3.16. The minimum absolute atomic E-state index is 0.263. The van der Waals surface area contributed by atoms with Crippen molar-refractivity contribution in [3.63, 3.8) is 0 Å². The monoisotopic (exact) mass is 292 g/mol. The van der Waals surface area contributed by atoms with Gasteiger partial charge < -0.3 is 9.55 Å². The fourth-order valence-electron chi connectivity index (χ4n) is 2.43. The van der Waals surface area contributed by atoms with Gasteiger partial charge in [-0.2, -0.15) is 5.10 Å². The van der Waals surface area contributed by atoms with E-state index in [1.165, 1.54) is 0 Å². The highest BCUT2D eigenvalue weighted by Gasteiger charge is 2.15. The minimum atomic E-state index is -0.263. The van der Waals surface area contributed by atoms with Crippen molar-refractivity contribution in [2.45, 2.75) is 0 Å². The molecule has 7 nitrogen and oxygen atoms in total. The molecule has 2 N–H and O–H groups in total. The molecule has 0 radical (unpaired) electrons. The summed E-state index contributed by atoms with van der Waals surface area (Å²) in [6.07, 6.45) is 3.23. The second-order valence-electron chi connectivity index (χ2n) is 4.97. The van der Waals surface area contributed by atoms with Crippen molar-refractivity contribution < 1.29 is 0 Å². The summed E-state index contributed by atoms with van der Waals surface area (Å²) in [5.41, 5.74) is 3.13. The Morgan fingerprint density at radius 1 is 1.18 bits per heavy atom. The van der Waals surface area contributed by atoms with Gasteiger partial charge in [-0.3, -0.25) is 9.89 Å². The van der Waals surface area contributed by atoms with E-state index in [2.05, 4.69) is 25.1 Å². The molecule has 0 atom stereocenters. The number of H-pyrrole nitrogens is 2. The van der Waals surface area contributed by atoms with E-state index in [1.54, 1.807) is 24.1 Å². The lowest BCUT2D eigenvalue weighted by atomic mass is 10.1. The molecule has 0 aliphatic heterocycles. The maximum Gasteiger partial charge on any atom is 0.279 e. The second-order valence-corrected chi connectivity index (χ2v) is 4.97. The lowest BCUT2D eigenvalue weighted by Crippen LogP contribution is -2.10. The third kappa shape index (κ3) is 1.83. The number of rotatable bonds is 2. The van der Waals surface area contributed by atoms with E-state index in [1.807, 2.05) is 30.3 Å². The van der Waals surface area contributed by atoms with Crippen molar-refractivity contribution in [2.75, 3.05) is 0 Å². The molecule has 0 saturated heterocycles. The van der Waals surface area contributed by atoms with Gasteiger partial charge in [-0.25, -0.2) is 9.97 Å². The number of nitrogens with zero attached hydrogens (tertiary/aromatic N) is 4. The van der Waals surface area contributed by atoms with Crippen LogP contribution in [-0.2, 0) is 7.05 Å². The number of imidazole rings is 1. The first-order chi connectivity index (χ1) is 10.7. The van der Waals surface area contributed by atoms with Gasteiger partial charge in [0.1, 0.15) is 5.82 Å². The highest BCUT2D eigenvalue weighted by atomic mass is 16.1. The third-order valence-corrected chi connectivity index (χ3v) is 3.53. The Balaban J connectivity index is 1.96. The van der Waals surface area contributed by atoms with Crippen LogP contribution < -0.4 is 5.56 Å². The van der Waals surface area contributed by atoms with Crippen molar-refractivity contribution in [3.8, 4) is 22.6 Å². The number of hydrogen-bond acceptors (Lipinski definition) is 4. The zero-order valence-electron chi connectivity index (χ0n) is 11.7. The van der Waals surface area contributed by atoms with Crippen molar-refractivity contribution >= 4 is 11.2 Å². The molecule has 1 aromatic carbocycles. The molecule has 0 bridgehead atoms. The lowest BCUT2D eigenvalue weighted by Gasteiger charge is -2.03. The summed E-state index contributed by atoms with van der Waals surface area (Å²) in [6.45, 7) is 0. The van der Waals surface area contributed by atoms with Crippen LogP contribution in [0, 0.1) is 0 Å². The van der Waals surface area contributed by atoms with Crippen LogP contribution in [0.15, 0.2) is 47.7 Å². The molecule has 3 aromatic heterocycles. The number of benzene rings is 1. The molecule has 0 aliphatic carbocycles. The number of nitrogens with one attached hydrogen (secondary N) is 2. The maximum absolute atomic E-state index is 12.2. The number of aromatic nitrogens is 6. The summed E-state index contributed by atoms with van der Waals surface area (Å²) in [6, 6.07) is 9.78.